The number of aromatic hydroxyl groups is 1. The van der Waals surface area contributed by atoms with Crippen molar-refractivity contribution in [3.05, 3.63) is 28.8 Å². The Morgan fingerprint density at radius 2 is 2.23 bits per heavy atom. The summed E-state index contributed by atoms with van der Waals surface area (Å²) in [5.74, 6) is -1.46. The van der Waals surface area contributed by atoms with Gasteiger partial charge >= 0.3 is 5.97 Å². The predicted molar refractivity (Wildman–Crippen MR) is 84.5 cm³/mol. The number of phenolic OH excluding ortho intramolecular Hbond substituents is 1. The standard InChI is InChI=1S/C13H12ClN3O4S/c1-6(8-4-7(14)2-3-9(8)18)16-17-13-15-12(21)10(22-13)5-11(19)20/h2-4,10,18H,5H2,1H3,(H,19,20)(H,15,17,21). The fraction of sp³-hybridized carbons (Fsp3) is 0.231. The van der Waals surface area contributed by atoms with Crippen LogP contribution in [-0.4, -0.2) is 38.2 Å². The van der Waals surface area contributed by atoms with Crippen LogP contribution in [0.15, 0.2) is 28.4 Å². The first kappa shape index (κ1) is 16.3. The number of hydrogen-bond acceptors (Lipinski definition) is 6. The van der Waals surface area contributed by atoms with Crippen molar-refractivity contribution in [2.24, 2.45) is 10.2 Å². The Labute approximate surface area is 135 Å². The monoisotopic (exact) mass is 341 g/mol. The van der Waals surface area contributed by atoms with Gasteiger partial charge in [-0.25, -0.2) is 0 Å². The molecule has 1 heterocycles. The molecule has 1 amide bonds. The van der Waals surface area contributed by atoms with E-state index in [0.29, 0.717) is 16.3 Å². The van der Waals surface area contributed by atoms with Crippen molar-refractivity contribution in [2.45, 2.75) is 18.6 Å². The van der Waals surface area contributed by atoms with Crippen LogP contribution in [0.25, 0.3) is 0 Å². The Morgan fingerprint density at radius 3 is 2.91 bits per heavy atom. The molecule has 9 heteroatoms. The second kappa shape index (κ2) is 6.80. The number of nitrogens with zero attached hydrogens (tertiary/aromatic N) is 2. The van der Waals surface area contributed by atoms with E-state index >= 15 is 0 Å². The van der Waals surface area contributed by atoms with Crippen LogP contribution < -0.4 is 5.32 Å². The summed E-state index contributed by atoms with van der Waals surface area (Å²) >= 11 is 6.86. The average Bonchev–Trinajstić information content (AvgIpc) is 2.78. The van der Waals surface area contributed by atoms with Gasteiger partial charge in [-0.1, -0.05) is 23.4 Å². The molecule has 0 aromatic heterocycles. The minimum atomic E-state index is -1.06. The Morgan fingerprint density at radius 1 is 1.50 bits per heavy atom. The number of amidine groups is 1. The van der Waals surface area contributed by atoms with Gasteiger partial charge in [0.15, 0.2) is 5.17 Å². The fourth-order valence-electron chi connectivity index (χ4n) is 1.72. The third-order valence-corrected chi connectivity index (χ3v) is 4.08. The summed E-state index contributed by atoms with van der Waals surface area (Å²) in [7, 11) is 0. The molecule has 0 aliphatic carbocycles. The highest BCUT2D eigenvalue weighted by atomic mass is 35.5. The van der Waals surface area contributed by atoms with E-state index in [0.717, 1.165) is 11.8 Å². The molecule has 1 aliphatic heterocycles. The SMILES string of the molecule is CC(=NN=C1NC(=O)C(CC(=O)O)S1)c1cc(Cl)ccc1O. The van der Waals surface area contributed by atoms with Crippen LogP contribution in [0, 0.1) is 0 Å². The molecule has 1 fully saturated rings. The molecule has 1 unspecified atom stereocenters. The number of amides is 1. The van der Waals surface area contributed by atoms with Gasteiger partial charge in [0.25, 0.3) is 0 Å². The number of phenols is 1. The number of hydrogen-bond donors (Lipinski definition) is 3. The summed E-state index contributed by atoms with van der Waals surface area (Å²) in [5, 5.41) is 28.7. The van der Waals surface area contributed by atoms with Gasteiger partial charge < -0.3 is 15.5 Å². The molecule has 1 aliphatic rings. The molecule has 0 saturated carbocycles. The summed E-state index contributed by atoms with van der Waals surface area (Å²) in [6.45, 7) is 1.63. The minimum absolute atomic E-state index is 0.0118. The predicted octanol–water partition coefficient (Wildman–Crippen LogP) is 1.83. The maximum atomic E-state index is 11.6. The highest BCUT2D eigenvalue weighted by Gasteiger charge is 2.32. The van der Waals surface area contributed by atoms with Crippen LogP contribution >= 0.6 is 23.4 Å². The number of rotatable bonds is 4. The zero-order valence-electron chi connectivity index (χ0n) is 11.4. The van der Waals surface area contributed by atoms with Gasteiger partial charge in [-0.2, -0.15) is 5.10 Å². The summed E-state index contributed by atoms with van der Waals surface area (Å²) in [5.41, 5.74) is 0.831. The molecule has 1 aromatic rings. The summed E-state index contributed by atoms with van der Waals surface area (Å²) in [6.07, 6.45) is -0.284. The first-order valence-electron chi connectivity index (χ1n) is 6.17. The largest absolute Gasteiger partial charge is 0.507 e. The third-order valence-electron chi connectivity index (χ3n) is 2.78. The third kappa shape index (κ3) is 3.99. The zero-order chi connectivity index (χ0) is 16.3. The Bertz CT molecular complexity index is 690. The molecular weight excluding hydrogens is 330 g/mol. The first-order chi connectivity index (χ1) is 10.4. The quantitative estimate of drug-likeness (QED) is 0.571. The topological polar surface area (TPSA) is 111 Å². The fourth-order valence-corrected chi connectivity index (χ4v) is 2.80. The number of benzene rings is 1. The van der Waals surface area contributed by atoms with Crippen LogP contribution in [-0.2, 0) is 9.59 Å². The van der Waals surface area contributed by atoms with Crippen LogP contribution in [0.5, 0.6) is 5.75 Å². The van der Waals surface area contributed by atoms with Gasteiger partial charge in [-0.3, -0.25) is 9.59 Å². The normalized spacial score (nSPS) is 20.3. The molecule has 3 N–H and O–H groups in total. The van der Waals surface area contributed by atoms with Crippen molar-refractivity contribution in [1.82, 2.24) is 5.32 Å². The highest BCUT2D eigenvalue weighted by Crippen LogP contribution is 2.24. The van der Waals surface area contributed by atoms with Gasteiger partial charge in [0.05, 0.1) is 12.1 Å². The minimum Gasteiger partial charge on any atom is -0.507 e. The molecule has 0 bridgehead atoms. The smallest absolute Gasteiger partial charge is 0.305 e. The van der Waals surface area contributed by atoms with E-state index in [1.807, 2.05) is 0 Å². The lowest BCUT2D eigenvalue weighted by Gasteiger charge is -2.03. The van der Waals surface area contributed by atoms with Gasteiger partial charge in [0.2, 0.25) is 5.91 Å². The number of aliphatic carboxylic acids is 1. The lowest BCUT2D eigenvalue weighted by atomic mass is 10.1. The number of carboxylic acid groups (broad SMARTS) is 1. The van der Waals surface area contributed by atoms with Crippen molar-refractivity contribution >= 4 is 46.1 Å². The van der Waals surface area contributed by atoms with E-state index < -0.39 is 17.1 Å². The molecular formula is C13H12ClN3O4S. The second-order valence-electron chi connectivity index (χ2n) is 4.45. The van der Waals surface area contributed by atoms with Crippen molar-refractivity contribution in [3.63, 3.8) is 0 Å². The number of carbonyl (C=O) groups excluding carboxylic acids is 1. The second-order valence-corrected chi connectivity index (χ2v) is 6.07. The molecule has 116 valence electrons. The maximum Gasteiger partial charge on any atom is 0.305 e. The number of carbonyl (C=O) groups is 2. The summed E-state index contributed by atoms with van der Waals surface area (Å²) < 4.78 is 0. The van der Waals surface area contributed by atoms with Gasteiger partial charge in [-0.15, -0.1) is 5.10 Å². The molecule has 7 nitrogen and oxygen atoms in total. The molecule has 1 atom stereocenters. The van der Waals surface area contributed by atoms with Gasteiger partial charge in [-0.05, 0) is 25.1 Å². The summed E-state index contributed by atoms with van der Waals surface area (Å²) in [4.78, 5) is 22.2. The number of thioether (sulfide) groups is 1. The Balaban J connectivity index is 2.15. The Kier molecular flexibility index (Phi) is 5.04. The van der Waals surface area contributed by atoms with E-state index in [1.54, 1.807) is 19.1 Å². The van der Waals surface area contributed by atoms with Crippen molar-refractivity contribution < 1.29 is 19.8 Å². The Hall–Kier alpha value is -2.06. The molecule has 1 saturated heterocycles. The van der Waals surface area contributed by atoms with Gasteiger partial charge in [0.1, 0.15) is 11.0 Å². The van der Waals surface area contributed by atoms with E-state index in [9.17, 15) is 14.7 Å². The van der Waals surface area contributed by atoms with E-state index in [4.69, 9.17) is 16.7 Å². The summed E-state index contributed by atoms with van der Waals surface area (Å²) in [6, 6.07) is 4.53. The lowest BCUT2D eigenvalue weighted by Crippen LogP contribution is -2.26. The van der Waals surface area contributed by atoms with E-state index in [1.165, 1.54) is 6.07 Å². The van der Waals surface area contributed by atoms with Crippen LogP contribution in [0.3, 0.4) is 0 Å². The van der Waals surface area contributed by atoms with Crippen LogP contribution in [0.4, 0.5) is 0 Å². The van der Waals surface area contributed by atoms with E-state index in [-0.39, 0.29) is 17.3 Å². The highest BCUT2D eigenvalue weighted by molar-refractivity contribution is 8.15. The average molecular weight is 342 g/mol. The van der Waals surface area contributed by atoms with Crippen LogP contribution in [0.2, 0.25) is 5.02 Å². The molecule has 0 radical (unpaired) electrons. The molecule has 2 rings (SSSR count). The van der Waals surface area contributed by atoms with Crippen molar-refractivity contribution in [1.29, 1.82) is 0 Å². The maximum absolute atomic E-state index is 11.6. The van der Waals surface area contributed by atoms with Crippen molar-refractivity contribution in [3.8, 4) is 5.75 Å². The molecule has 22 heavy (non-hydrogen) atoms. The first-order valence-corrected chi connectivity index (χ1v) is 7.43. The molecule has 0 spiro atoms. The van der Waals surface area contributed by atoms with E-state index in [2.05, 4.69) is 15.5 Å². The van der Waals surface area contributed by atoms with Gasteiger partial charge in [0, 0.05) is 10.6 Å². The van der Waals surface area contributed by atoms with Crippen LogP contribution in [0.1, 0.15) is 18.9 Å². The number of carboxylic acids is 1. The molecule has 1 aromatic carbocycles. The zero-order valence-corrected chi connectivity index (χ0v) is 13.0. The number of halogens is 1. The number of nitrogens with one attached hydrogen (secondary N) is 1. The van der Waals surface area contributed by atoms with Crippen molar-refractivity contribution in [2.75, 3.05) is 0 Å². The lowest BCUT2D eigenvalue weighted by molar-refractivity contribution is -0.138.